The molecule has 0 saturated carbocycles. The first kappa shape index (κ1) is 24.2. The van der Waals surface area contributed by atoms with Crippen molar-refractivity contribution in [2.75, 3.05) is 0 Å². The van der Waals surface area contributed by atoms with E-state index >= 15 is 0 Å². The van der Waals surface area contributed by atoms with Crippen LogP contribution >= 0.6 is 0 Å². The zero-order valence-electron chi connectivity index (χ0n) is 18.4. The summed E-state index contributed by atoms with van der Waals surface area (Å²) in [5.74, 6) is 0. The van der Waals surface area contributed by atoms with Crippen molar-refractivity contribution < 1.29 is 0 Å². The second-order valence-corrected chi connectivity index (χ2v) is 5.68. The summed E-state index contributed by atoms with van der Waals surface area (Å²) in [6.45, 7) is 16.5. The van der Waals surface area contributed by atoms with Gasteiger partial charge >= 0.3 is 0 Å². The molecule has 0 radical (unpaired) electrons. The Hall–Kier alpha value is -1.82. The molecule has 3 aromatic rings. The molecule has 0 aliphatic heterocycles. The molecule has 0 amide bonds. The van der Waals surface area contributed by atoms with Gasteiger partial charge in [0.25, 0.3) is 0 Å². The van der Waals surface area contributed by atoms with E-state index in [-0.39, 0.29) is 0 Å². The Morgan fingerprint density at radius 2 is 0.846 bits per heavy atom. The quantitative estimate of drug-likeness (QED) is 0.411. The summed E-state index contributed by atoms with van der Waals surface area (Å²) in [5.41, 5.74) is 2.89. The van der Waals surface area contributed by atoms with Crippen molar-refractivity contribution in [1.29, 1.82) is 0 Å². The maximum Gasteiger partial charge on any atom is -0.0105 e. The highest BCUT2D eigenvalue weighted by Gasteiger charge is 2.03. The van der Waals surface area contributed by atoms with Crippen molar-refractivity contribution in [2.45, 2.75) is 81.1 Å². The van der Waals surface area contributed by atoms with Crippen LogP contribution in [0.4, 0.5) is 0 Å². The lowest BCUT2D eigenvalue weighted by Gasteiger charge is -2.08. The normalized spacial score (nSPS) is 9.38. The molecule has 144 valence electrons. The topological polar surface area (TPSA) is 0 Å². The minimum Gasteiger partial charge on any atom is -0.0683 e. The van der Waals surface area contributed by atoms with Crippen LogP contribution in [0.5, 0.6) is 0 Å². The van der Waals surface area contributed by atoms with Crippen LogP contribution in [0.1, 0.15) is 79.4 Å². The standard InChI is InChI=1S/C20H22.3C2H6/c1-3-5-15-7-11-19-17(13-15)9-10-18-14-16(6-4-2)8-12-20(18)19;3*1-2/h7-14H,3-6H2,1-2H3;3*1-2H3. The number of benzene rings is 3. The average Bonchev–Trinajstić information content (AvgIpc) is 2.72. The van der Waals surface area contributed by atoms with E-state index in [0.717, 1.165) is 0 Å². The fraction of sp³-hybridized carbons (Fsp3) is 0.462. The van der Waals surface area contributed by atoms with Gasteiger partial charge in [-0.25, -0.2) is 0 Å². The van der Waals surface area contributed by atoms with Crippen molar-refractivity contribution in [1.82, 2.24) is 0 Å². The summed E-state index contributed by atoms with van der Waals surface area (Å²) in [6, 6.07) is 18.4. The molecule has 3 aromatic carbocycles. The number of aryl methyl sites for hydroxylation is 2. The summed E-state index contributed by atoms with van der Waals surface area (Å²) in [7, 11) is 0. The second-order valence-electron chi connectivity index (χ2n) is 5.68. The first-order valence-electron chi connectivity index (χ1n) is 10.8. The Kier molecular flexibility index (Phi) is 13.4. The van der Waals surface area contributed by atoms with Gasteiger partial charge in [0.1, 0.15) is 0 Å². The van der Waals surface area contributed by atoms with Gasteiger partial charge in [-0.2, -0.15) is 0 Å². The molecule has 3 rings (SSSR count). The highest BCUT2D eigenvalue weighted by molar-refractivity contribution is 6.07. The Labute approximate surface area is 162 Å². The van der Waals surface area contributed by atoms with Crippen molar-refractivity contribution in [3.05, 3.63) is 59.7 Å². The number of rotatable bonds is 4. The van der Waals surface area contributed by atoms with Crippen molar-refractivity contribution >= 4 is 21.5 Å². The third kappa shape index (κ3) is 6.48. The first-order valence-corrected chi connectivity index (χ1v) is 10.8. The van der Waals surface area contributed by atoms with Gasteiger partial charge in [-0.15, -0.1) is 0 Å². The van der Waals surface area contributed by atoms with Crippen molar-refractivity contribution in [3.63, 3.8) is 0 Å². The van der Waals surface area contributed by atoms with E-state index in [2.05, 4.69) is 62.4 Å². The lowest BCUT2D eigenvalue weighted by atomic mass is 9.97. The molecule has 0 nitrogen and oxygen atoms in total. The number of fused-ring (bicyclic) bond motifs is 3. The molecule has 0 aliphatic carbocycles. The molecule has 0 N–H and O–H groups in total. The molecule has 0 aromatic heterocycles. The molecule has 26 heavy (non-hydrogen) atoms. The second kappa shape index (κ2) is 14.4. The Morgan fingerprint density at radius 3 is 1.15 bits per heavy atom. The van der Waals surface area contributed by atoms with Gasteiger partial charge in [-0.05, 0) is 45.5 Å². The Balaban J connectivity index is 0.000000948. The van der Waals surface area contributed by atoms with E-state index in [4.69, 9.17) is 0 Å². The van der Waals surface area contributed by atoms with Gasteiger partial charge < -0.3 is 0 Å². The van der Waals surface area contributed by atoms with Gasteiger partial charge in [-0.1, -0.05) is 117 Å². The lowest BCUT2D eigenvalue weighted by Crippen LogP contribution is -1.86. The van der Waals surface area contributed by atoms with Crippen LogP contribution in [-0.4, -0.2) is 0 Å². The predicted molar refractivity (Wildman–Crippen MR) is 123 cm³/mol. The first-order chi connectivity index (χ1) is 12.8. The molecule has 0 fully saturated rings. The fourth-order valence-corrected chi connectivity index (χ4v) is 3.06. The smallest absolute Gasteiger partial charge is 0.0105 e. The predicted octanol–water partition coefficient (Wildman–Crippen LogP) is 8.98. The maximum atomic E-state index is 2.35. The molecule has 0 spiro atoms. The average molecular weight is 353 g/mol. The van der Waals surface area contributed by atoms with Crippen molar-refractivity contribution in [2.24, 2.45) is 0 Å². The molecule has 0 saturated heterocycles. The van der Waals surface area contributed by atoms with Crippen LogP contribution in [-0.2, 0) is 12.8 Å². The third-order valence-corrected chi connectivity index (χ3v) is 4.04. The van der Waals surface area contributed by atoms with Gasteiger partial charge in [0.2, 0.25) is 0 Å². The SMILES string of the molecule is CC.CC.CC.CCCc1ccc2c(ccc3cc(CCC)ccc32)c1. The third-order valence-electron chi connectivity index (χ3n) is 4.04. The monoisotopic (exact) mass is 352 g/mol. The van der Waals surface area contributed by atoms with Crippen LogP contribution in [0.3, 0.4) is 0 Å². The van der Waals surface area contributed by atoms with Gasteiger partial charge in [0.15, 0.2) is 0 Å². The molecule has 0 aliphatic rings. The van der Waals surface area contributed by atoms with E-state index in [1.165, 1.54) is 58.4 Å². The van der Waals surface area contributed by atoms with Crippen LogP contribution in [0.25, 0.3) is 21.5 Å². The van der Waals surface area contributed by atoms with Crippen LogP contribution in [0, 0.1) is 0 Å². The molecule has 0 unspecified atom stereocenters. The zero-order valence-corrected chi connectivity index (χ0v) is 18.4. The summed E-state index contributed by atoms with van der Waals surface area (Å²) in [5, 5.41) is 5.49. The highest BCUT2D eigenvalue weighted by atomic mass is 14.1. The summed E-state index contributed by atoms with van der Waals surface area (Å²) >= 11 is 0. The van der Waals surface area contributed by atoms with E-state index in [0.29, 0.717) is 0 Å². The molecule has 0 bridgehead atoms. The lowest BCUT2D eigenvalue weighted by molar-refractivity contribution is 0.923. The van der Waals surface area contributed by atoms with E-state index in [1.807, 2.05) is 41.5 Å². The summed E-state index contributed by atoms with van der Waals surface area (Å²) < 4.78 is 0. The van der Waals surface area contributed by atoms with Crippen LogP contribution in [0.15, 0.2) is 48.5 Å². The molecular formula is C26H40. The maximum absolute atomic E-state index is 2.35. The van der Waals surface area contributed by atoms with E-state index in [1.54, 1.807) is 0 Å². The van der Waals surface area contributed by atoms with Crippen LogP contribution < -0.4 is 0 Å². The molecule has 0 heteroatoms. The largest absolute Gasteiger partial charge is 0.0683 e. The minimum absolute atomic E-state index is 1.17. The van der Waals surface area contributed by atoms with E-state index < -0.39 is 0 Å². The van der Waals surface area contributed by atoms with Gasteiger partial charge in [0.05, 0.1) is 0 Å². The summed E-state index contributed by atoms with van der Waals surface area (Å²) in [6.07, 6.45) is 4.76. The number of hydrogen-bond donors (Lipinski definition) is 0. The molecule has 0 heterocycles. The zero-order chi connectivity index (χ0) is 19.9. The van der Waals surface area contributed by atoms with Crippen molar-refractivity contribution in [3.8, 4) is 0 Å². The molecular weight excluding hydrogens is 312 g/mol. The number of hydrogen-bond acceptors (Lipinski definition) is 0. The Morgan fingerprint density at radius 1 is 0.500 bits per heavy atom. The minimum atomic E-state index is 1.17. The van der Waals surface area contributed by atoms with Gasteiger partial charge in [-0.3, -0.25) is 0 Å². The molecule has 0 atom stereocenters. The highest BCUT2D eigenvalue weighted by Crippen LogP contribution is 2.27. The van der Waals surface area contributed by atoms with Gasteiger partial charge in [0, 0.05) is 0 Å². The van der Waals surface area contributed by atoms with E-state index in [9.17, 15) is 0 Å². The van der Waals surface area contributed by atoms with Crippen LogP contribution in [0.2, 0.25) is 0 Å². The fourth-order valence-electron chi connectivity index (χ4n) is 3.06. The summed E-state index contributed by atoms with van der Waals surface area (Å²) in [4.78, 5) is 0. The Bertz CT molecular complexity index is 673.